The largest absolute Gasteiger partial charge is 0.497 e. The highest BCUT2D eigenvalue weighted by molar-refractivity contribution is 7.89. The molecule has 2 aromatic heterocycles. The fourth-order valence-corrected chi connectivity index (χ4v) is 12.7. The highest BCUT2D eigenvalue weighted by Crippen LogP contribution is 2.36. The molecular weight excluding hydrogens is 893 g/mol. The number of benzene rings is 4. The van der Waals surface area contributed by atoms with Crippen LogP contribution in [-0.4, -0.2) is 116 Å². The lowest BCUT2D eigenvalue weighted by Crippen LogP contribution is -2.48. The molecule has 2 aliphatic rings. The topological polar surface area (TPSA) is 144 Å². The molecule has 4 aromatic carbocycles. The Labute approximate surface area is 384 Å². The van der Waals surface area contributed by atoms with Gasteiger partial charge in [0.25, 0.3) is 0 Å². The lowest BCUT2D eigenvalue weighted by atomic mass is 10.0. The number of nitrogens with zero attached hydrogens (tertiary/aromatic N) is 6. The highest BCUT2D eigenvalue weighted by Gasteiger charge is 2.34. The Kier molecular flexibility index (Phi) is 14.5. The van der Waals surface area contributed by atoms with Crippen molar-refractivity contribution >= 4 is 53.0 Å². The highest BCUT2D eigenvalue weighted by atomic mass is 32.2. The van der Waals surface area contributed by atoms with Gasteiger partial charge in [-0.25, -0.2) is 26.8 Å². The Balaban J connectivity index is 0.000000191. The van der Waals surface area contributed by atoms with Crippen LogP contribution in [0.3, 0.4) is 0 Å². The molecule has 8 rings (SSSR count). The normalized spacial score (nSPS) is 15.1. The summed E-state index contributed by atoms with van der Waals surface area (Å²) in [6, 6.07) is 22.1. The lowest BCUT2D eigenvalue weighted by molar-refractivity contribution is 0.370. The van der Waals surface area contributed by atoms with E-state index in [2.05, 4.69) is 78.6 Å². The van der Waals surface area contributed by atoms with Crippen molar-refractivity contribution in [3.8, 4) is 45.5 Å². The smallest absolute Gasteiger partial charge is 0.247 e. The summed E-state index contributed by atoms with van der Waals surface area (Å²) in [5.41, 5.74) is 9.10. The zero-order chi connectivity index (χ0) is 45.8. The molecule has 64 heavy (non-hydrogen) atoms. The van der Waals surface area contributed by atoms with Gasteiger partial charge in [-0.3, -0.25) is 0 Å². The molecule has 4 heterocycles. The molecule has 0 bridgehead atoms. The van der Waals surface area contributed by atoms with E-state index in [1.165, 1.54) is 77.0 Å². The van der Waals surface area contributed by atoms with Gasteiger partial charge < -0.3 is 28.7 Å². The number of piperazine rings is 2. The number of ether oxygens (including phenoxy) is 4. The number of hydrogen-bond acceptors (Lipinski definition) is 14. The third-order valence-corrected chi connectivity index (χ3v) is 17.2. The second-order valence-electron chi connectivity index (χ2n) is 15.4. The van der Waals surface area contributed by atoms with Crippen molar-refractivity contribution in [3.63, 3.8) is 0 Å². The van der Waals surface area contributed by atoms with Crippen LogP contribution in [-0.2, 0) is 20.0 Å². The molecule has 0 spiro atoms. The average Bonchev–Trinajstić information content (AvgIpc) is 4.01. The van der Waals surface area contributed by atoms with E-state index in [0.717, 1.165) is 27.2 Å². The van der Waals surface area contributed by atoms with Gasteiger partial charge in [0.05, 0.1) is 39.8 Å². The Morgan fingerprint density at radius 2 is 0.938 bits per heavy atom. The van der Waals surface area contributed by atoms with E-state index < -0.39 is 20.0 Å². The molecule has 0 amide bonds. The predicted octanol–water partition coefficient (Wildman–Crippen LogP) is 7.91. The molecular formula is C46H54N6O8S4. The van der Waals surface area contributed by atoms with E-state index in [4.69, 9.17) is 28.9 Å². The predicted molar refractivity (Wildman–Crippen MR) is 255 cm³/mol. The third kappa shape index (κ3) is 9.72. The lowest BCUT2D eigenvalue weighted by Gasteiger charge is -2.34. The molecule has 2 aliphatic heterocycles. The summed E-state index contributed by atoms with van der Waals surface area (Å²) in [7, 11) is -1.46. The number of hydrogen-bond donors (Lipinski definition) is 0. The quantitative estimate of drug-likeness (QED) is 0.118. The maximum atomic E-state index is 13.3. The molecule has 0 atom stereocenters. The van der Waals surface area contributed by atoms with E-state index >= 15 is 0 Å². The van der Waals surface area contributed by atoms with Crippen molar-refractivity contribution < 1.29 is 35.8 Å². The van der Waals surface area contributed by atoms with Crippen LogP contribution in [0.1, 0.15) is 22.3 Å². The molecule has 14 nitrogen and oxygen atoms in total. The molecule has 2 fully saturated rings. The Morgan fingerprint density at radius 3 is 1.39 bits per heavy atom. The summed E-state index contributed by atoms with van der Waals surface area (Å²) >= 11 is 3.19. The van der Waals surface area contributed by atoms with Gasteiger partial charge in [0.15, 0.2) is 10.3 Å². The number of sulfonamides is 2. The van der Waals surface area contributed by atoms with Crippen LogP contribution < -0.4 is 28.7 Å². The molecule has 340 valence electrons. The average molecular weight is 947 g/mol. The summed E-state index contributed by atoms with van der Waals surface area (Å²) in [4.78, 5) is 14.2. The summed E-state index contributed by atoms with van der Waals surface area (Å²) in [6.07, 6.45) is 0. The van der Waals surface area contributed by atoms with E-state index in [1.54, 1.807) is 46.9 Å². The minimum absolute atomic E-state index is 0.124. The first-order valence-electron chi connectivity index (χ1n) is 20.7. The van der Waals surface area contributed by atoms with Crippen LogP contribution in [0.2, 0.25) is 0 Å². The van der Waals surface area contributed by atoms with Crippen LogP contribution in [0.5, 0.6) is 23.0 Å². The monoisotopic (exact) mass is 946 g/mol. The second-order valence-corrected chi connectivity index (χ2v) is 20.8. The van der Waals surface area contributed by atoms with E-state index in [-0.39, 0.29) is 9.79 Å². The first-order chi connectivity index (χ1) is 30.7. The fraction of sp³-hybridized carbons (Fsp3) is 0.348. The Morgan fingerprint density at radius 1 is 0.516 bits per heavy atom. The second kappa shape index (κ2) is 19.9. The van der Waals surface area contributed by atoms with Crippen molar-refractivity contribution in [1.29, 1.82) is 0 Å². The number of aromatic nitrogens is 2. The van der Waals surface area contributed by atoms with E-state index in [0.29, 0.717) is 75.4 Å². The summed E-state index contributed by atoms with van der Waals surface area (Å²) in [5, 5.41) is 5.98. The zero-order valence-corrected chi connectivity index (χ0v) is 40.6. The van der Waals surface area contributed by atoms with Crippen molar-refractivity contribution in [2.24, 2.45) is 0 Å². The minimum Gasteiger partial charge on any atom is -0.497 e. The minimum atomic E-state index is -3.71. The van der Waals surface area contributed by atoms with Gasteiger partial charge in [0.1, 0.15) is 32.8 Å². The maximum absolute atomic E-state index is 13.3. The standard InChI is InChI=1S/2C23H27N3O4S2/c1-16-6-5-7-19(17(16)2)20-15-31-23(24-20)25-10-12-26(13-11-25)32(27,28)22-14-18(29-3)8-9-21(22)30-4;1-16-6-5-7-17(2)22(16)19-15-31-23(24-19)25-10-12-26(13-11-25)32(27,28)21-14-18(29-3)8-9-20(21)30-4/h2*5-9,14-15H,10-13H2,1-4H3. The number of thiazole rings is 2. The molecule has 0 radical (unpaired) electrons. The molecule has 6 aromatic rings. The molecule has 0 saturated carbocycles. The SMILES string of the molecule is COc1ccc(OC)c(S(=O)(=O)N2CCN(c3nc(-c4c(C)cccc4C)cs3)CC2)c1.COc1ccc(OC)c(S(=O)(=O)N2CCN(c3nc(-c4cccc(C)c4C)cs3)CC2)c1. The van der Waals surface area contributed by atoms with E-state index in [1.807, 2.05) is 6.07 Å². The molecule has 2 saturated heterocycles. The van der Waals surface area contributed by atoms with Crippen molar-refractivity contribution in [2.75, 3.05) is 90.6 Å². The van der Waals surface area contributed by atoms with Crippen LogP contribution >= 0.6 is 22.7 Å². The van der Waals surface area contributed by atoms with Crippen LogP contribution in [0, 0.1) is 27.7 Å². The Hall–Kier alpha value is -5.24. The number of aryl methyl sites for hydroxylation is 3. The van der Waals surface area contributed by atoms with Gasteiger partial charge >= 0.3 is 0 Å². The molecule has 0 aliphatic carbocycles. The number of methoxy groups -OCH3 is 4. The van der Waals surface area contributed by atoms with Crippen molar-refractivity contribution in [2.45, 2.75) is 37.5 Å². The van der Waals surface area contributed by atoms with Crippen molar-refractivity contribution in [3.05, 3.63) is 106 Å². The summed E-state index contributed by atoms with van der Waals surface area (Å²) in [5.74, 6) is 1.58. The van der Waals surface area contributed by atoms with Gasteiger partial charge in [-0.05, 0) is 74.2 Å². The molecule has 0 unspecified atom stereocenters. The maximum Gasteiger partial charge on any atom is 0.247 e. The van der Waals surface area contributed by atoms with Crippen LogP contribution in [0.25, 0.3) is 22.5 Å². The number of rotatable bonds is 12. The van der Waals surface area contributed by atoms with Gasteiger partial charge in [-0.2, -0.15) is 8.61 Å². The van der Waals surface area contributed by atoms with Gasteiger partial charge in [-0.1, -0.05) is 36.4 Å². The third-order valence-electron chi connectivity index (χ3n) is 11.6. The van der Waals surface area contributed by atoms with Gasteiger partial charge in [-0.15, -0.1) is 22.7 Å². The van der Waals surface area contributed by atoms with Crippen molar-refractivity contribution in [1.82, 2.24) is 18.6 Å². The zero-order valence-electron chi connectivity index (χ0n) is 37.3. The Bertz CT molecular complexity index is 2790. The molecule has 18 heteroatoms. The fourth-order valence-electron chi connectivity index (χ4n) is 7.79. The van der Waals surface area contributed by atoms with Crippen LogP contribution in [0.15, 0.2) is 93.3 Å². The van der Waals surface area contributed by atoms with E-state index in [9.17, 15) is 16.8 Å². The summed E-state index contributed by atoms with van der Waals surface area (Å²) in [6.45, 7) is 12.2. The number of anilines is 2. The van der Waals surface area contributed by atoms with Crippen LogP contribution in [0.4, 0.5) is 10.3 Å². The first kappa shape index (κ1) is 46.7. The molecule has 0 N–H and O–H groups in total. The van der Waals surface area contributed by atoms with Gasteiger partial charge in [0, 0.05) is 86.4 Å². The first-order valence-corrected chi connectivity index (χ1v) is 25.3. The van der Waals surface area contributed by atoms with Gasteiger partial charge in [0.2, 0.25) is 20.0 Å². The summed E-state index contributed by atoms with van der Waals surface area (Å²) < 4.78 is 77.2.